The smallest absolute Gasteiger partial charge is 0.262 e. The van der Waals surface area contributed by atoms with Crippen molar-refractivity contribution in [1.82, 2.24) is 0 Å². The number of nitrogens with one attached hydrogen (secondary N) is 2. The number of anilines is 3. The molecule has 0 bridgehead atoms. The second-order valence-electron chi connectivity index (χ2n) is 8.91. The lowest BCUT2D eigenvalue weighted by atomic mass is 9.93. The molecule has 1 fully saturated rings. The number of nitrogens with zero attached hydrogens (tertiary/aromatic N) is 1. The van der Waals surface area contributed by atoms with Crippen LogP contribution in [-0.2, 0) is 19.6 Å². The molecule has 0 spiro atoms. The topological polar surface area (TPSA) is 108 Å². The van der Waals surface area contributed by atoms with Gasteiger partial charge in [-0.3, -0.25) is 9.52 Å². The van der Waals surface area contributed by atoms with E-state index in [-0.39, 0.29) is 17.4 Å². The van der Waals surface area contributed by atoms with Crippen molar-refractivity contribution >= 4 is 43.8 Å². The van der Waals surface area contributed by atoms with Crippen LogP contribution >= 0.6 is 0 Å². The average molecular weight is 484 g/mol. The summed E-state index contributed by atoms with van der Waals surface area (Å²) < 4.78 is 34.7. The molecule has 0 unspecified atom stereocenters. The highest BCUT2D eigenvalue weighted by Gasteiger charge is 2.26. The summed E-state index contributed by atoms with van der Waals surface area (Å²) in [4.78, 5) is 14.6. The van der Waals surface area contributed by atoms with Crippen molar-refractivity contribution in [3.05, 3.63) is 60.7 Å². The van der Waals surface area contributed by atoms with E-state index in [1.165, 1.54) is 0 Å². The molecule has 9 heteroatoms. The van der Waals surface area contributed by atoms with Crippen molar-refractivity contribution in [2.24, 2.45) is 5.41 Å². The fourth-order valence-corrected chi connectivity index (χ4v) is 5.06. The maximum atomic E-state index is 13.3. The third-order valence-corrected chi connectivity index (χ3v) is 7.34. The van der Waals surface area contributed by atoms with Crippen LogP contribution in [0, 0.1) is 5.41 Å². The molecule has 1 heterocycles. The van der Waals surface area contributed by atoms with E-state index in [2.05, 4.69) is 14.9 Å². The van der Waals surface area contributed by atoms with E-state index in [0.717, 1.165) is 24.2 Å². The van der Waals surface area contributed by atoms with Gasteiger partial charge in [0.2, 0.25) is 5.91 Å². The Morgan fingerprint density at radius 2 is 1.59 bits per heavy atom. The van der Waals surface area contributed by atoms with Gasteiger partial charge in [-0.2, -0.15) is 0 Å². The zero-order valence-corrected chi connectivity index (χ0v) is 20.1. The minimum Gasteiger partial charge on any atom is -0.395 e. The largest absolute Gasteiger partial charge is 0.395 e. The van der Waals surface area contributed by atoms with Crippen LogP contribution in [0.1, 0.15) is 13.8 Å². The van der Waals surface area contributed by atoms with Crippen LogP contribution in [-0.4, -0.2) is 52.3 Å². The molecule has 1 amide bonds. The summed E-state index contributed by atoms with van der Waals surface area (Å²) >= 11 is 0. The van der Waals surface area contributed by atoms with Gasteiger partial charge in [0.15, 0.2) is 0 Å². The van der Waals surface area contributed by atoms with E-state index in [1.807, 2.05) is 24.3 Å². The Balaban J connectivity index is 1.58. The Bertz CT molecular complexity index is 1280. The lowest BCUT2D eigenvalue weighted by molar-refractivity contribution is -0.125. The molecular weight excluding hydrogens is 454 g/mol. The molecule has 1 saturated heterocycles. The summed E-state index contributed by atoms with van der Waals surface area (Å²) in [6.45, 7) is 5.79. The van der Waals surface area contributed by atoms with Crippen LogP contribution in [0.4, 0.5) is 17.1 Å². The number of hydrogen-bond acceptors (Lipinski definition) is 6. The van der Waals surface area contributed by atoms with Gasteiger partial charge in [0.1, 0.15) is 0 Å². The van der Waals surface area contributed by atoms with Crippen molar-refractivity contribution in [1.29, 1.82) is 0 Å². The van der Waals surface area contributed by atoms with E-state index in [4.69, 9.17) is 4.74 Å². The molecule has 34 heavy (non-hydrogen) atoms. The summed E-state index contributed by atoms with van der Waals surface area (Å²) in [6, 6.07) is 17.4. The van der Waals surface area contributed by atoms with Gasteiger partial charge in [-0.05, 0) is 50.2 Å². The Hall–Kier alpha value is -3.14. The van der Waals surface area contributed by atoms with E-state index in [9.17, 15) is 18.3 Å². The number of carbonyl (C=O) groups is 1. The fourth-order valence-electron chi connectivity index (χ4n) is 3.78. The Labute approximate surface area is 199 Å². The fraction of sp³-hybridized carbons (Fsp3) is 0.320. The quantitative estimate of drug-likeness (QED) is 0.475. The molecule has 0 saturated carbocycles. The molecule has 0 aliphatic carbocycles. The number of morpholine rings is 1. The van der Waals surface area contributed by atoms with Crippen LogP contribution in [0.3, 0.4) is 0 Å². The van der Waals surface area contributed by atoms with Gasteiger partial charge >= 0.3 is 0 Å². The van der Waals surface area contributed by atoms with Crippen LogP contribution < -0.4 is 14.9 Å². The first-order valence-corrected chi connectivity index (χ1v) is 12.6. The number of aliphatic hydroxyl groups excluding tert-OH is 1. The van der Waals surface area contributed by atoms with E-state index in [0.29, 0.717) is 30.0 Å². The van der Waals surface area contributed by atoms with Crippen molar-refractivity contribution in [3.63, 3.8) is 0 Å². The SMILES string of the molecule is CC(C)(CO)C(=O)Nc1ccc(NS(=O)(=O)c2cccc3c(N4CCOCC4)cccc23)cc1. The normalized spacial score (nSPS) is 14.7. The number of rotatable bonds is 7. The number of benzene rings is 3. The second-order valence-corrected chi connectivity index (χ2v) is 10.6. The molecular formula is C25H29N3O5S. The Morgan fingerprint density at radius 3 is 2.26 bits per heavy atom. The molecule has 180 valence electrons. The lowest BCUT2D eigenvalue weighted by Crippen LogP contribution is -2.36. The molecule has 3 aromatic carbocycles. The number of fused-ring (bicyclic) bond motifs is 1. The molecule has 8 nitrogen and oxygen atoms in total. The van der Waals surface area contributed by atoms with Crippen LogP contribution in [0.25, 0.3) is 10.8 Å². The number of amides is 1. The standard InChI is InChI=1S/C25H29N3O5S/c1-25(2,17-29)24(30)26-18-9-11-19(12-10-18)27-34(31,32)23-8-4-5-20-21(23)6-3-7-22(20)28-13-15-33-16-14-28/h3-12,27,29H,13-17H2,1-2H3,(H,26,30). The molecule has 1 aliphatic rings. The van der Waals surface area contributed by atoms with Gasteiger partial charge in [0, 0.05) is 40.9 Å². The van der Waals surface area contributed by atoms with Crippen LogP contribution in [0.5, 0.6) is 0 Å². The van der Waals surface area contributed by atoms with Gasteiger partial charge in [-0.25, -0.2) is 8.42 Å². The van der Waals surface area contributed by atoms with Crippen molar-refractivity contribution in [2.75, 3.05) is 47.8 Å². The van der Waals surface area contributed by atoms with Crippen LogP contribution in [0.15, 0.2) is 65.6 Å². The highest BCUT2D eigenvalue weighted by molar-refractivity contribution is 7.93. The molecule has 3 N–H and O–H groups in total. The molecule has 0 aromatic heterocycles. The number of ether oxygens (including phenoxy) is 1. The molecule has 4 rings (SSSR count). The predicted molar refractivity (Wildman–Crippen MR) is 134 cm³/mol. The number of sulfonamides is 1. The third kappa shape index (κ3) is 5.01. The first kappa shape index (κ1) is 24.0. The van der Waals surface area contributed by atoms with Gasteiger partial charge in [-0.15, -0.1) is 0 Å². The number of carbonyl (C=O) groups excluding carboxylic acids is 1. The maximum Gasteiger partial charge on any atom is 0.262 e. The van der Waals surface area contributed by atoms with Gasteiger partial charge in [0.25, 0.3) is 10.0 Å². The average Bonchev–Trinajstić information content (AvgIpc) is 2.84. The predicted octanol–water partition coefficient (Wildman–Crippen LogP) is 3.43. The summed E-state index contributed by atoms with van der Waals surface area (Å²) in [6.07, 6.45) is 0. The minimum absolute atomic E-state index is 0.196. The zero-order valence-electron chi connectivity index (χ0n) is 19.2. The lowest BCUT2D eigenvalue weighted by Gasteiger charge is -2.30. The van der Waals surface area contributed by atoms with Gasteiger partial charge in [0.05, 0.1) is 30.1 Å². The molecule has 1 aliphatic heterocycles. The highest BCUT2D eigenvalue weighted by atomic mass is 32.2. The third-order valence-electron chi connectivity index (χ3n) is 5.91. The van der Waals surface area contributed by atoms with Crippen molar-refractivity contribution < 1.29 is 23.1 Å². The second kappa shape index (κ2) is 9.61. The van der Waals surface area contributed by atoms with E-state index in [1.54, 1.807) is 50.2 Å². The van der Waals surface area contributed by atoms with Crippen molar-refractivity contribution in [2.45, 2.75) is 18.7 Å². The van der Waals surface area contributed by atoms with Gasteiger partial charge in [-0.1, -0.05) is 24.3 Å². The Morgan fingerprint density at radius 1 is 0.971 bits per heavy atom. The van der Waals surface area contributed by atoms with Gasteiger partial charge < -0.3 is 20.1 Å². The van der Waals surface area contributed by atoms with E-state index < -0.39 is 15.4 Å². The minimum atomic E-state index is -3.86. The monoisotopic (exact) mass is 483 g/mol. The Kier molecular flexibility index (Phi) is 6.79. The summed E-state index contributed by atoms with van der Waals surface area (Å²) in [5.41, 5.74) is 0.952. The first-order chi connectivity index (χ1) is 16.2. The van der Waals surface area contributed by atoms with Crippen LogP contribution in [0.2, 0.25) is 0 Å². The molecule has 0 atom stereocenters. The zero-order chi connectivity index (χ0) is 24.3. The highest BCUT2D eigenvalue weighted by Crippen LogP contribution is 2.32. The summed E-state index contributed by atoms with van der Waals surface area (Å²) in [7, 11) is -3.86. The molecule has 3 aromatic rings. The summed E-state index contributed by atoms with van der Waals surface area (Å²) in [5.74, 6) is -0.324. The maximum absolute atomic E-state index is 13.3. The first-order valence-electron chi connectivity index (χ1n) is 11.1. The molecule has 0 radical (unpaired) electrons. The number of aliphatic hydroxyl groups is 1. The van der Waals surface area contributed by atoms with E-state index >= 15 is 0 Å². The van der Waals surface area contributed by atoms with Crippen molar-refractivity contribution in [3.8, 4) is 0 Å². The summed E-state index contributed by atoms with van der Waals surface area (Å²) in [5, 5.41) is 13.6. The number of hydrogen-bond donors (Lipinski definition) is 3.